The van der Waals surface area contributed by atoms with Crippen LogP contribution in [-0.2, 0) is 6.42 Å². The predicted molar refractivity (Wildman–Crippen MR) is 78.5 cm³/mol. The first-order valence-corrected chi connectivity index (χ1v) is 7.63. The molecule has 1 aromatic heterocycles. The average molecular weight is 328 g/mol. The van der Waals surface area contributed by atoms with E-state index >= 15 is 0 Å². The van der Waals surface area contributed by atoms with Gasteiger partial charge in [0, 0.05) is 16.1 Å². The second-order valence-corrected chi connectivity index (χ2v) is 5.81. The molecule has 0 aliphatic heterocycles. The molecular formula is C14H15BrFNS. The topological polar surface area (TPSA) is 12.0 Å². The molecule has 0 saturated heterocycles. The van der Waals surface area contributed by atoms with Crippen LogP contribution in [0.25, 0.3) is 0 Å². The van der Waals surface area contributed by atoms with Gasteiger partial charge in [-0.2, -0.15) is 11.3 Å². The largest absolute Gasteiger partial charge is 0.310 e. The fraction of sp³-hybridized carbons (Fsp3) is 0.286. The normalized spacial score (nSPS) is 12.6. The van der Waals surface area contributed by atoms with Crippen LogP contribution < -0.4 is 5.32 Å². The quantitative estimate of drug-likeness (QED) is 0.849. The highest BCUT2D eigenvalue weighted by Crippen LogP contribution is 2.24. The van der Waals surface area contributed by atoms with E-state index in [-0.39, 0.29) is 11.9 Å². The van der Waals surface area contributed by atoms with Crippen LogP contribution in [0.2, 0.25) is 0 Å². The first kappa shape index (κ1) is 13.7. The van der Waals surface area contributed by atoms with Crippen molar-refractivity contribution >= 4 is 27.3 Å². The van der Waals surface area contributed by atoms with Gasteiger partial charge >= 0.3 is 0 Å². The smallest absolute Gasteiger partial charge is 0.129 e. The molecule has 1 nitrogen and oxygen atoms in total. The fourth-order valence-corrected chi connectivity index (χ4v) is 2.98. The third-order valence-electron chi connectivity index (χ3n) is 2.81. The van der Waals surface area contributed by atoms with E-state index in [0.29, 0.717) is 0 Å². The summed E-state index contributed by atoms with van der Waals surface area (Å²) < 4.78 is 14.8. The summed E-state index contributed by atoms with van der Waals surface area (Å²) in [7, 11) is 0. The van der Waals surface area contributed by atoms with Gasteiger partial charge in [-0.05, 0) is 47.5 Å². The Labute approximate surface area is 119 Å². The first-order chi connectivity index (χ1) is 8.70. The summed E-state index contributed by atoms with van der Waals surface area (Å²) in [5.74, 6) is -0.162. The number of hydrogen-bond donors (Lipinski definition) is 1. The summed E-state index contributed by atoms with van der Waals surface area (Å²) in [5.41, 5.74) is 1.97. The maximum atomic E-state index is 14.0. The molecule has 18 heavy (non-hydrogen) atoms. The zero-order valence-electron chi connectivity index (χ0n) is 10.1. The van der Waals surface area contributed by atoms with Crippen LogP contribution in [0.5, 0.6) is 0 Å². The van der Waals surface area contributed by atoms with Gasteiger partial charge < -0.3 is 5.32 Å². The van der Waals surface area contributed by atoms with E-state index in [0.717, 1.165) is 23.0 Å². The summed E-state index contributed by atoms with van der Waals surface area (Å²) in [4.78, 5) is 0. The van der Waals surface area contributed by atoms with Crippen LogP contribution in [0.4, 0.5) is 4.39 Å². The Balaban J connectivity index is 2.23. The molecule has 0 radical (unpaired) electrons. The third-order valence-corrected chi connectivity index (χ3v) is 4.03. The predicted octanol–water partition coefficient (Wildman–Crippen LogP) is 4.54. The lowest BCUT2D eigenvalue weighted by Crippen LogP contribution is -2.23. The molecule has 1 N–H and O–H groups in total. The van der Waals surface area contributed by atoms with Gasteiger partial charge in [-0.1, -0.05) is 28.9 Å². The first-order valence-electron chi connectivity index (χ1n) is 5.90. The van der Waals surface area contributed by atoms with Crippen molar-refractivity contribution in [1.29, 1.82) is 0 Å². The van der Waals surface area contributed by atoms with E-state index in [1.54, 1.807) is 11.3 Å². The zero-order valence-corrected chi connectivity index (χ0v) is 12.5. The number of halogens is 2. The summed E-state index contributed by atoms with van der Waals surface area (Å²) in [5, 5.41) is 7.51. The van der Waals surface area contributed by atoms with Crippen LogP contribution in [-0.4, -0.2) is 6.54 Å². The highest BCUT2D eigenvalue weighted by Gasteiger charge is 2.15. The number of likely N-dealkylation sites (N-methyl/N-ethyl adjacent to an activating group) is 1. The Morgan fingerprint density at radius 3 is 2.83 bits per heavy atom. The van der Waals surface area contributed by atoms with Crippen LogP contribution in [0.3, 0.4) is 0 Å². The summed E-state index contributed by atoms with van der Waals surface area (Å²) in [6.07, 6.45) is 0.815. The van der Waals surface area contributed by atoms with E-state index in [9.17, 15) is 4.39 Å². The molecule has 0 spiro atoms. The Hall–Kier alpha value is -0.710. The SMILES string of the molecule is CCNC(Cc1ccsc1)c1ccc(Br)cc1F. The number of nitrogens with one attached hydrogen (secondary N) is 1. The Morgan fingerprint density at radius 2 is 2.22 bits per heavy atom. The highest BCUT2D eigenvalue weighted by atomic mass is 79.9. The molecule has 1 aromatic carbocycles. The lowest BCUT2D eigenvalue weighted by molar-refractivity contribution is 0.510. The van der Waals surface area contributed by atoms with Crippen molar-refractivity contribution in [3.05, 3.63) is 56.4 Å². The molecule has 96 valence electrons. The van der Waals surface area contributed by atoms with E-state index in [2.05, 4.69) is 38.1 Å². The summed E-state index contributed by atoms with van der Waals surface area (Å²) in [6, 6.07) is 7.37. The van der Waals surface area contributed by atoms with Crippen molar-refractivity contribution < 1.29 is 4.39 Å². The maximum absolute atomic E-state index is 14.0. The third kappa shape index (κ3) is 3.40. The zero-order chi connectivity index (χ0) is 13.0. The standard InChI is InChI=1S/C14H15BrFNS/c1-2-17-14(7-10-5-6-18-9-10)12-4-3-11(15)8-13(12)16/h3-6,8-9,14,17H,2,7H2,1H3. The van der Waals surface area contributed by atoms with Gasteiger partial charge in [0.15, 0.2) is 0 Å². The number of hydrogen-bond acceptors (Lipinski definition) is 2. The maximum Gasteiger partial charge on any atom is 0.129 e. The van der Waals surface area contributed by atoms with Gasteiger partial charge in [-0.3, -0.25) is 0 Å². The highest BCUT2D eigenvalue weighted by molar-refractivity contribution is 9.10. The molecule has 0 aliphatic carbocycles. The van der Waals surface area contributed by atoms with Gasteiger partial charge in [-0.25, -0.2) is 4.39 Å². The molecule has 0 bridgehead atoms. The minimum Gasteiger partial charge on any atom is -0.310 e. The number of thiophene rings is 1. The van der Waals surface area contributed by atoms with Crippen molar-refractivity contribution in [3.8, 4) is 0 Å². The van der Waals surface area contributed by atoms with Crippen molar-refractivity contribution in [2.45, 2.75) is 19.4 Å². The van der Waals surface area contributed by atoms with Crippen LogP contribution in [0, 0.1) is 5.82 Å². The Kier molecular flexibility index (Phi) is 4.92. The number of benzene rings is 1. The fourth-order valence-electron chi connectivity index (χ4n) is 1.97. The van der Waals surface area contributed by atoms with Crippen LogP contribution in [0.1, 0.15) is 24.1 Å². The summed E-state index contributed by atoms with van der Waals surface area (Å²) in [6.45, 7) is 2.86. The summed E-state index contributed by atoms with van der Waals surface area (Å²) >= 11 is 4.96. The molecule has 0 amide bonds. The molecular weight excluding hydrogens is 313 g/mol. The van der Waals surface area contributed by atoms with Gasteiger partial charge in [0.25, 0.3) is 0 Å². The lowest BCUT2D eigenvalue weighted by Gasteiger charge is -2.18. The molecule has 2 aromatic rings. The van der Waals surface area contributed by atoms with E-state index in [1.807, 2.05) is 19.1 Å². The van der Waals surface area contributed by atoms with Crippen molar-refractivity contribution in [2.75, 3.05) is 6.54 Å². The molecule has 1 heterocycles. The molecule has 1 unspecified atom stereocenters. The molecule has 0 fully saturated rings. The molecule has 4 heteroatoms. The molecule has 0 saturated carbocycles. The van der Waals surface area contributed by atoms with Gasteiger partial charge in [-0.15, -0.1) is 0 Å². The van der Waals surface area contributed by atoms with Gasteiger partial charge in [0.2, 0.25) is 0 Å². The van der Waals surface area contributed by atoms with Gasteiger partial charge in [0.05, 0.1) is 0 Å². The van der Waals surface area contributed by atoms with Crippen LogP contribution in [0.15, 0.2) is 39.5 Å². The second kappa shape index (κ2) is 6.45. The van der Waals surface area contributed by atoms with E-state index in [1.165, 1.54) is 11.6 Å². The minimum atomic E-state index is -0.162. The van der Waals surface area contributed by atoms with E-state index < -0.39 is 0 Å². The van der Waals surface area contributed by atoms with Crippen molar-refractivity contribution in [3.63, 3.8) is 0 Å². The van der Waals surface area contributed by atoms with Gasteiger partial charge in [0.1, 0.15) is 5.82 Å². The molecule has 0 aliphatic rings. The van der Waals surface area contributed by atoms with E-state index in [4.69, 9.17) is 0 Å². The number of rotatable bonds is 5. The van der Waals surface area contributed by atoms with Crippen LogP contribution >= 0.6 is 27.3 Å². The Bertz CT molecular complexity index is 499. The second-order valence-electron chi connectivity index (χ2n) is 4.11. The van der Waals surface area contributed by atoms with Crippen molar-refractivity contribution in [1.82, 2.24) is 5.32 Å². The Morgan fingerprint density at radius 1 is 1.39 bits per heavy atom. The minimum absolute atomic E-state index is 0.0256. The molecule has 1 atom stereocenters. The molecule has 2 rings (SSSR count). The average Bonchev–Trinajstić information content (AvgIpc) is 2.81. The monoisotopic (exact) mass is 327 g/mol. The van der Waals surface area contributed by atoms with Crippen molar-refractivity contribution in [2.24, 2.45) is 0 Å². The lowest BCUT2D eigenvalue weighted by atomic mass is 10.00.